The number of aliphatic carboxylic acids is 1. The molecule has 0 fully saturated rings. The Bertz CT molecular complexity index is 422. The zero-order chi connectivity index (χ0) is 14.8. The molecule has 20 heavy (non-hydrogen) atoms. The lowest BCUT2D eigenvalue weighted by Gasteiger charge is -2.15. The van der Waals surface area contributed by atoms with E-state index in [2.05, 4.69) is 10.6 Å². The van der Waals surface area contributed by atoms with Crippen LogP contribution in [0.15, 0.2) is 30.3 Å². The molecule has 0 bridgehead atoms. The van der Waals surface area contributed by atoms with Crippen molar-refractivity contribution in [2.45, 2.75) is 18.9 Å². The molecule has 0 saturated carbocycles. The maximum atomic E-state index is 11.6. The second-order valence-corrected chi connectivity index (χ2v) is 4.28. The molecule has 1 aromatic rings. The number of urea groups is 1. The van der Waals surface area contributed by atoms with Crippen LogP contribution in [0.25, 0.3) is 0 Å². The van der Waals surface area contributed by atoms with Gasteiger partial charge in [0.1, 0.15) is 0 Å². The highest BCUT2D eigenvalue weighted by molar-refractivity contribution is 5.83. The predicted molar refractivity (Wildman–Crippen MR) is 74.5 cm³/mol. The first-order chi connectivity index (χ1) is 9.65. The van der Waals surface area contributed by atoms with Crippen LogP contribution in [0.2, 0.25) is 0 Å². The first-order valence-corrected chi connectivity index (χ1v) is 6.46. The summed E-state index contributed by atoms with van der Waals surface area (Å²) in [6.45, 7) is 1.13. The third-order valence-corrected chi connectivity index (χ3v) is 2.72. The van der Waals surface area contributed by atoms with Gasteiger partial charge in [0, 0.05) is 20.3 Å². The van der Waals surface area contributed by atoms with Crippen molar-refractivity contribution in [3.63, 3.8) is 0 Å². The van der Waals surface area contributed by atoms with Crippen LogP contribution in [0.5, 0.6) is 0 Å². The van der Waals surface area contributed by atoms with E-state index in [0.29, 0.717) is 18.7 Å². The summed E-state index contributed by atoms with van der Waals surface area (Å²) in [6.07, 6.45) is 1.63. The number of rotatable bonds is 8. The molecule has 0 radical (unpaired) electrons. The SMILES string of the molecule is COCCCCNC(=O)N[C@@H](C(=O)O)c1ccccc1. The van der Waals surface area contributed by atoms with Gasteiger partial charge in [0.15, 0.2) is 6.04 Å². The second kappa shape index (κ2) is 8.92. The molecule has 1 aromatic carbocycles. The summed E-state index contributed by atoms with van der Waals surface area (Å²) in [5.41, 5.74) is 0.537. The number of nitrogens with one attached hydrogen (secondary N) is 2. The first kappa shape index (κ1) is 16.0. The minimum atomic E-state index is -1.09. The smallest absolute Gasteiger partial charge is 0.330 e. The van der Waals surface area contributed by atoms with E-state index in [9.17, 15) is 9.59 Å². The third kappa shape index (κ3) is 5.71. The van der Waals surface area contributed by atoms with Crippen LogP contribution in [0.1, 0.15) is 24.4 Å². The molecule has 0 heterocycles. The highest BCUT2D eigenvalue weighted by Crippen LogP contribution is 2.12. The van der Waals surface area contributed by atoms with E-state index in [1.54, 1.807) is 37.4 Å². The van der Waals surface area contributed by atoms with Crippen molar-refractivity contribution in [1.82, 2.24) is 10.6 Å². The lowest BCUT2D eigenvalue weighted by atomic mass is 10.1. The van der Waals surface area contributed by atoms with E-state index < -0.39 is 18.0 Å². The molecule has 1 atom stereocenters. The molecule has 6 heteroatoms. The van der Waals surface area contributed by atoms with Gasteiger partial charge in [0.05, 0.1) is 0 Å². The number of hydrogen-bond donors (Lipinski definition) is 3. The molecule has 6 nitrogen and oxygen atoms in total. The van der Waals surface area contributed by atoms with Gasteiger partial charge in [-0.25, -0.2) is 9.59 Å². The number of methoxy groups -OCH3 is 1. The lowest BCUT2D eigenvalue weighted by molar-refractivity contribution is -0.139. The maximum absolute atomic E-state index is 11.6. The third-order valence-electron chi connectivity index (χ3n) is 2.72. The first-order valence-electron chi connectivity index (χ1n) is 6.46. The number of hydrogen-bond acceptors (Lipinski definition) is 3. The molecule has 0 aliphatic carbocycles. The van der Waals surface area contributed by atoms with Crippen LogP contribution in [0, 0.1) is 0 Å². The highest BCUT2D eigenvalue weighted by Gasteiger charge is 2.21. The molecule has 3 N–H and O–H groups in total. The van der Waals surface area contributed by atoms with E-state index in [1.165, 1.54) is 0 Å². The fraction of sp³-hybridized carbons (Fsp3) is 0.429. The number of amides is 2. The van der Waals surface area contributed by atoms with Gasteiger partial charge in [-0.05, 0) is 18.4 Å². The van der Waals surface area contributed by atoms with E-state index in [4.69, 9.17) is 9.84 Å². The van der Waals surface area contributed by atoms with Crippen LogP contribution in [-0.2, 0) is 9.53 Å². The van der Waals surface area contributed by atoms with E-state index in [1.807, 2.05) is 0 Å². The van der Waals surface area contributed by atoms with E-state index in [0.717, 1.165) is 12.8 Å². The summed E-state index contributed by atoms with van der Waals surface area (Å²) < 4.78 is 4.90. The number of ether oxygens (including phenoxy) is 1. The van der Waals surface area contributed by atoms with Crippen molar-refractivity contribution in [3.8, 4) is 0 Å². The normalized spacial score (nSPS) is 11.7. The van der Waals surface area contributed by atoms with Crippen molar-refractivity contribution in [2.75, 3.05) is 20.3 Å². The van der Waals surface area contributed by atoms with Gasteiger partial charge >= 0.3 is 12.0 Å². The molecule has 2 amide bonds. The van der Waals surface area contributed by atoms with Crippen LogP contribution in [-0.4, -0.2) is 37.4 Å². The predicted octanol–water partition coefficient (Wildman–Crippen LogP) is 1.54. The summed E-state index contributed by atoms with van der Waals surface area (Å²) in [6, 6.07) is 7.05. The molecular weight excluding hydrogens is 260 g/mol. The molecular formula is C14H20N2O4. The summed E-state index contributed by atoms with van der Waals surface area (Å²) in [5.74, 6) is -1.09. The Balaban J connectivity index is 2.43. The van der Waals surface area contributed by atoms with Crippen molar-refractivity contribution >= 4 is 12.0 Å². The standard InChI is InChI=1S/C14H20N2O4/c1-20-10-6-5-9-15-14(19)16-12(13(17)18)11-7-3-2-4-8-11/h2-4,7-8,12H,5-6,9-10H2,1H3,(H,17,18)(H2,15,16,19)/t12-/m1/s1. The van der Waals surface area contributed by atoms with Gasteiger partial charge in [-0.1, -0.05) is 30.3 Å². The summed E-state index contributed by atoms with van der Waals surface area (Å²) in [7, 11) is 1.62. The average molecular weight is 280 g/mol. The van der Waals surface area contributed by atoms with Crippen LogP contribution >= 0.6 is 0 Å². The second-order valence-electron chi connectivity index (χ2n) is 4.28. The Kier molecular flexibility index (Phi) is 7.13. The molecule has 110 valence electrons. The largest absolute Gasteiger partial charge is 0.479 e. The molecule has 1 rings (SSSR count). The Morgan fingerprint density at radius 1 is 1.25 bits per heavy atom. The Morgan fingerprint density at radius 3 is 2.55 bits per heavy atom. The van der Waals surface area contributed by atoms with Gasteiger partial charge < -0.3 is 20.5 Å². The number of carboxylic acid groups (broad SMARTS) is 1. The van der Waals surface area contributed by atoms with Gasteiger partial charge in [0.25, 0.3) is 0 Å². The van der Waals surface area contributed by atoms with E-state index in [-0.39, 0.29) is 0 Å². The highest BCUT2D eigenvalue weighted by atomic mass is 16.5. The van der Waals surface area contributed by atoms with Crippen molar-refractivity contribution in [3.05, 3.63) is 35.9 Å². The average Bonchev–Trinajstić information content (AvgIpc) is 2.45. The fourth-order valence-corrected chi connectivity index (χ4v) is 1.69. The molecule has 0 aromatic heterocycles. The quantitative estimate of drug-likeness (QED) is 0.630. The Morgan fingerprint density at radius 2 is 1.95 bits per heavy atom. The van der Waals surface area contributed by atoms with Crippen molar-refractivity contribution in [1.29, 1.82) is 0 Å². The number of benzene rings is 1. The number of carbonyl (C=O) groups excluding carboxylic acids is 1. The number of carbonyl (C=O) groups is 2. The Labute approximate surface area is 118 Å². The van der Waals surface area contributed by atoms with Crippen molar-refractivity contribution in [2.24, 2.45) is 0 Å². The van der Waals surface area contributed by atoms with Crippen LogP contribution in [0.4, 0.5) is 4.79 Å². The fourth-order valence-electron chi connectivity index (χ4n) is 1.69. The molecule has 0 aliphatic heterocycles. The van der Waals surface area contributed by atoms with Gasteiger partial charge in [-0.3, -0.25) is 0 Å². The van der Waals surface area contributed by atoms with Gasteiger partial charge in [0.2, 0.25) is 0 Å². The maximum Gasteiger partial charge on any atom is 0.330 e. The minimum Gasteiger partial charge on any atom is -0.479 e. The van der Waals surface area contributed by atoms with Crippen LogP contribution < -0.4 is 10.6 Å². The summed E-state index contributed by atoms with van der Waals surface area (Å²) in [4.78, 5) is 22.8. The zero-order valence-electron chi connectivity index (χ0n) is 11.5. The topological polar surface area (TPSA) is 87.7 Å². The lowest BCUT2D eigenvalue weighted by Crippen LogP contribution is -2.41. The number of carboxylic acids is 1. The van der Waals surface area contributed by atoms with Crippen molar-refractivity contribution < 1.29 is 19.4 Å². The Hall–Kier alpha value is -2.08. The molecule has 0 unspecified atom stereocenters. The zero-order valence-corrected chi connectivity index (χ0v) is 11.5. The summed E-state index contributed by atoms with van der Waals surface area (Å²) >= 11 is 0. The molecule has 0 saturated heterocycles. The monoisotopic (exact) mass is 280 g/mol. The van der Waals surface area contributed by atoms with Gasteiger partial charge in [-0.15, -0.1) is 0 Å². The number of unbranched alkanes of at least 4 members (excludes halogenated alkanes) is 1. The van der Waals surface area contributed by atoms with Gasteiger partial charge in [-0.2, -0.15) is 0 Å². The molecule has 0 spiro atoms. The van der Waals surface area contributed by atoms with Crippen LogP contribution in [0.3, 0.4) is 0 Å². The summed E-state index contributed by atoms with van der Waals surface area (Å²) in [5, 5.41) is 14.2. The molecule has 0 aliphatic rings. The van der Waals surface area contributed by atoms with E-state index >= 15 is 0 Å². The minimum absolute atomic E-state index is 0.482.